The first kappa shape index (κ1) is 21.1. The van der Waals surface area contributed by atoms with Gasteiger partial charge in [-0.15, -0.1) is 10.2 Å². The summed E-state index contributed by atoms with van der Waals surface area (Å²) in [6.45, 7) is 5.70. The highest BCUT2D eigenvalue weighted by molar-refractivity contribution is 8.00. The van der Waals surface area contributed by atoms with Gasteiger partial charge in [-0.3, -0.25) is 0 Å². The number of ether oxygens (including phenoxy) is 1. The van der Waals surface area contributed by atoms with E-state index in [1.807, 2.05) is 31.2 Å². The average molecular weight is 457 g/mol. The van der Waals surface area contributed by atoms with E-state index in [0.29, 0.717) is 27.9 Å². The molecule has 31 heavy (non-hydrogen) atoms. The minimum absolute atomic E-state index is 0.180. The molecule has 11 heteroatoms. The van der Waals surface area contributed by atoms with Gasteiger partial charge in [0, 0.05) is 5.69 Å². The van der Waals surface area contributed by atoms with Crippen molar-refractivity contribution >= 4 is 56.8 Å². The van der Waals surface area contributed by atoms with E-state index in [1.165, 1.54) is 28.7 Å². The van der Waals surface area contributed by atoms with Crippen LogP contribution in [-0.2, 0) is 10.5 Å². The number of carbonyl (C=O) groups excluding carboxylic acids is 1. The Morgan fingerprint density at radius 2 is 2.00 bits per heavy atom. The van der Waals surface area contributed by atoms with Crippen LogP contribution < -0.4 is 11.1 Å². The predicted molar refractivity (Wildman–Crippen MR) is 121 cm³/mol. The maximum absolute atomic E-state index is 12.2. The number of nitrogens with two attached hydrogens (primary N) is 1. The monoisotopic (exact) mass is 456 g/mol. The number of hydrogen-bond acceptors (Lipinski definition) is 11. The Balaban J connectivity index is 1.48. The normalized spacial score (nSPS) is 11.1. The quantitative estimate of drug-likeness (QED) is 0.303. The number of anilines is 3. The molecule has 0 aliphatic heterocycles. The number of rotatable bonds is 7. The number of hydrogen-bond donors (Lipinski definition) is 2. The van der Waals surface area contributed by atoms with Crippen molar-refractivity contribution in [2.24, 2.45) is 0 Å². The summed E-state index contributed by atoms with van der Waals surface area (Å²) in [6, 6.07) is 8.04. The van der Waals surface area contributed by atoms with Crippen LogP contribution in [0.3, 0.4) is 0 Å². The lowest BCUT2D eigenvalue weighted by atomic mass is 10.2. The number of benzene rings is 1. The number of nitrogens with one attached hydrogen (secondary N) is 1. The second-order valence-electron chi connectivity index (χ2n) is 6.61. The molecule has 4 rings (SSSR count). The summed E-state index contributed by atoms with van der Waals surface area (Å²) in [5.74, 6) is 0.976. The van der Waals surface area contributed by atoms with Crippen LogP contribution in [0.2, 0.25) is 0 Å². The van der Waals surface area contributed by atoms with Gasteiger partial charge in [0.15, 0.2) is 4.34 Å². The Kier molecular flexibility index (Phi) is 6.05. The van der Waals surface area contributed by atoms with Crippen molar-refractivity contribution in [3.63, 3.8) is 0 Å². The number of fused-ring (bicyclic) bond motifs is 1. The third kappa shape index (κ3) is 4.62. The van der Waals surface area contributed by atoms with Crippen LogP contribution in [0.5, 0.6) is 0 Å². The van der Waals surface area contributed by atoms with E-state index < -0.39 is 5.97 Å². The van der Waals surface area contributed by atoms with Crippen LogP contribution in [0.1, 0.15) is 34.4 Å². The van der Waals surface area contributed by atoms with Gasteiger partial charge < -0.3 is 20.2 Å². The number of thioether (sulfide) groups is 1. The van der Waals surface area contributed by atoms with Crippen molar-refractivity contribution in [2.75, 3.05) is 17.7 Å². The number of aryl methyl sites for hydroxylation is 2. The lowest BCUT2D eigenvalue weighted by Gasteiger charge is -2.03. The van der Waals surface area contributed by atoms with Crippen LogP contribution in [-0.4, -0.2) is 32.7 Å². The number of nitrogen functional groups attached to an aromatic ring is 1. The largest absolute Gasteiger partial charge is 0.462 e. The maximum atomic E-state index is 12.2. The summed E-state index contributed by atoms with van der Waals surface area (Å²) < 4.78 is 11.5. The number of aromatic nitrogens is 4. The highest BCUT2D eigenvalue weighted by atomic mass is 32.2. The van der Waals surface area contributed by atoms with E-state index in [2.05, 4.69) is 25.5 Å². The molecular weight excluding hydrogens is 436 g/mol. The maximum Gasteiger partial charge on any atom is 0.342 e. The molecular formula is C20H20N6O3S2. The SMILES string of the molecule is CCOC(=O)c1c(C)oc2nc(CSc3nnc(Nc4ccc(C)cc4)s3)nc(N)c12. The molecule has 3 N–H and O–H groups in total. The van der Waals surface area contributed by atoms with E-state index in [0.717, 1.165) is 10.0 Å². The summed E-state index contributed by atoms with van der Waals surface area (Å²) in [5, 5.41) is 12.7. The minimum atomic E-state index is -0.501. The van der Waals surface area contributed by atoms with Crippen LogP contribution >= 0.6 is 23.1 Å². The highest BCUT2D eigenvalue weighted by Crippen LogP contribution is 2.32. The molecule has 9 nitrogen and oxygen atoms in total. The molecule has 0 bridgehead atoms. The first-order valence-corrected chi connectivity index (χ1v) is 11.3. The van der Waals surface area contributed by atoms with Gasteiger partial charge in [-0.25, -0.2) is 9.78 Å². The van der Waals surface area contributed by atoms with Crippen LogP contribution in [0.15, 0.2) is 33.0 Å². The van der Waals surface area contributed by atoms with Crippen LogP contribution in [0, 0.1) is 13.8 Å². The van der Waals surface area contributed by atoms with Crippen molar-refractivity contribution < 1.29 is 13.9 Å². The lowest BCUT2D eigenvalue weighted by Crippen LogP contribution is -2.07. The molecule has 160 valence electrons. The smallest absolute Gasteiger partial charge is 0.342 e. The first-order valence-electron chi connectivity index (χ1n) is 9.47. The zero-order chi connectivity index (χ0) is 22.0. The predicted octanol–water partition coefficient (Wildman–Crippen LogP) is 4.49. The van der Waals surface area contributed by atoms with Gasteiger partial charge in [0.1, 0.15) is 23.0 Å². The molecule has 0 amide bonds. The molecule has 0 fully saturated rings. The van der Waals surface area contributed by atoms with Gasteiger partial charge in [-0.1, -0.05) is 40.8 Å². The Morgan fingerprint density at radius 1 is 1.23 bits per heavy atom. The van der Waals surface area contributed by atoms with Crippen molar-refractivity contribution in [3.05, 3.63) is 47.0 Å². The van der Waals surface area contributed by atoms with Gasteiger partial charge in [0.25, 0.3) is 0 Å². The Bertz CT molecular complexity index is 1240. The molecule has 3 heterocycles. The molecule has 0 aliphatic rings. The van der Waals surface area contributed by atoms with E-state index in [1.54, 1.807) is 13.8 Å². The molecule has 4 aromatic rings. The fourth-order valence-corrected chi connectivity index (χ4v) is 4.53. The van der Waals surface area contributed by atoms with Gasteiger partial charge in [0.05, 0.1) is 17.7 Å². The number of furan rings is 1. The summed E-state index contributed by atoms with van der Waals surface area (Å²) >= 11 is 2.87. The van der Waals surface area contributed by atoms with Gasteiger partial charge in [0.2, 0.25) is 10.8 Å². The molecule has 0 atom stereocenters. The fraction of sp³-hybridized carbons (Fsp3) is 0.250. The Morgan fingerprint density at radius 3 is 2.74 bits per heavy atom. The van der Waals surface area contributed by atoms with Gasteiger partial charge in [-0.05, 0) is 32.9 Å². The molecule has 3 aromatic heterocycles. The third-order valence-corrected chi connectivity index (χ3v) is 6.28. The molecule has 0 unspecified atom stereocenters. The first-order chi connectivity index (χ1) is 14.9. The zero-order valence-corrected chi connectivity index (χ0v) is 18.8. The summed E-state index contributed by atoms with van der Waals surface area (Å²) in [5.41, 5.74) is 8.79. The molecule has 0 radical (unpaired) electrons. The highest BCUT2D eigenvalue weighted by Gasteiger charge is 2.24. The molecule has 0 saturated carbocycles. The molecule has 0 saturated heterocycles. The van der Waals surface area contributed by atoms with E-state index in [4.69, 9.17) is 14.9 Å². The van der Waals surface area contributed by atoms with Crippen LogP contribution in [0.25, 0.3) is 11.1 Å². The summed E-state index contributed by atoms with van der Waals surface area (Å²) in [6.07, 6.45) is 0. The van der Waals surface area contributed by atoms with Gasteiger partial charge >= 0.3 is 5.97 Å². The van der Waals surface area contributed by atoms with Gasteiger partial charge in [-0.2, -0.15) is 4.98 Å². The molecule has 1 aromatic carbocycles. The fourth-order valence-electron chi connectivity index (χ4n) is 2.90. The Labute approximate surface area is 186 Å². The summed E-state index contributed by atoms with van der Waals surface area (Å²) in [4.78, 5) is 21.0. The van der Waals surface area contributed by atoms with Crippen molar-refractivity contribution in [3.8, 4) is 0 Å². The van der Waals surface area contributed by atoms with E-state index >= 15 is 0 Å². The standard InChI is InChI=1S/C20H20N6O3S2/c1-4-28-18(27)14-11(3)29-17-15(14)16(21)23-13(24-17)9-30-20-26-25-19(31-20)22-12-7-5-10(2)6-8-12/h5-8H,4,9H2,1-3H3,(H,22,25)(H2,21,23,24). The second kappa shape index (κ2) is 8.90. The minimum Gasteiger partial charge on any atom is -0.462 e. The van der Waals surface area contributed by atoms with Crippen molar-refractivity contribution in [1.82, 2.24) is 20.2 Å². The number of esters is 1. The summed E-state index contributed by atoms with van der Waals surface area (Å²) in [7, 11) is 0. The average Bonchev–Trinajstić information content (AvgIpc) is 3.32. The third-order valence-electron chi connectivity index (χ3n) is 4.32. The van der Waals surface area contributed by atoms with E-state index in [9.17, 15) is 4.79 Å². The molecule has 0 spiro atoms. The van der Waals surface area contributed by atoms with Crippen molar-refractivity contribution in [1.29, 1.82) is 0 Å². The zero-order valence-electron chi connectivity index (χ0n) is 17.1. The number of carbonyl (C=O) groups is 1. The van der Waals surface area contributed by atoms with E-state index in [-0.39, 0.29) is 23.7 Å². The lowest BCUT2D eigenvalue weighted by molar-refractivity contribution is 0.0526. The topological polar surface area (TPSA) is 129 Å². The second-order valence-corrected chi connectivity index (χ2v) is 8.81. The Hall–Kier alpha value is -3.18. The van der Waals surface area contributed by atoms with Crippen molar-refractivity contribution in [2.45, 2.75) is 30.9 Å². The number of nitrogens with zero attached hydrogens (tertiary/aromatic N) is 4. The van der Waals surface area contributed by atoms with Crippen LogP contribution in [0.4, 0.5) is 16.6 Å². The molecule has 0 aliphatic carbocycles.